The maximum atomic E-state index is 10.8. The number of hydrogen-bond donors (Lipinski definition) is 2. The molecule has 1 rings (SSSR count). The highest BCUT2D eigenvalue weighted by molar-refractivity contribution is 7.89. The molecule has 0 bridgehead atoms. The van der Waals surface area contributed by atoms with Gasteiger partial charge in [0.15, 0.2) is 0 Å². The van der Waals surface area contributed by atoms with E-state index in [1.54, 1.807) is 30.3 Å². The second-order valence-electron chi connectivity index (χ2n) is 2.42. The maximum absolute atomic E-state index is 10.8. The Labute approximate surface area is 71.2 Å². The zero-order valence-electron chi connectivity index (χ0n) is 6.34. The van der Waals surface area contributed by atoms with Gasteiger partial charge >= 0.3 is 0 Å². The van der Waals surface area contributed by atoms with E-state index in [1.165, 1.54) is 0 Å². The number of hydrogen-bond acceptors (Lipinski definition) is 3. The lowest BCUT2D eigenvalue weighted by Crippen LogP contribution is -2.28. The van der Waals surface area contributed by atoms with Gasteiger partial charge in [-0.25, -0.2) is 13.6 Å². The third-order valence-electron chi connectivity index (χ3n) is 1.48. The zero-order valence-corrected chi connectivity index (χ0v) is 7.16. The van der Waals surface area contributed by atoms with Crippen molar-refractivity contribution in [2.45, 2.75) is 5.37 Å². The van der Waals surface area contributed by atoms with Gasteiger partial charge in [-0.1, -0.05) is 30.3 Å². The summed E-state index contributed by atoms with van der Waals surface area (Å²) in [6.45, 7) is 0. The summed E-state index contributed by atoms with van der Waals surface area (Å²) >= 11 is 0. The van der Waals surface area contributed by atoms with E-state index in [2.05, 4.69) is 0 Å². The van der Waals surface area contributed by atoms with Gasteiger partial charge in [0.1, 0.15) is 5.37 Å². The van der Waals surface area contributed by atoms with Crippen molar-refractivity contribution in [1.82, 2.24) is 0 Å². The van der Waals surface area contributed by atoms with Crippen LogP contribution in [-0.2, 0) is 10.0 Å². The number of sulfonamides is 1. The van der Waals surface area contributed by atoms with Gasteiger partial charge in [0.2, 0.25) is 10.0 Å². The smallest absolute Gasteiger partial charge is 0.229 e. The first-order valence-corrected chi connectivity index (χ1v) is 4.95. The normalized spacial score (nSPS) is 14.2. The van der Waals surface area contributed by atoms with Crippen LogP contribution in [-0.4, -0.2) is 8.42 Å². The third-order valence-corrected chi connectivity index (χ3v) is 2.46. The number of rotatable bonds is 2. The molecule has 1 unspecified atom stereocenters. The molecule has 0 aliphatic carbocycles. The molecule has 0 aliphatic heterocycles. The minimum absolute atomic E-state index is 0.500. The fourth-order valence-corrected chi connectivity index (χ4v) is 1.37. The molecule has 0 radical (unpaired) electrons. The quantitative estimate of drug-likeness (QED) is 0.678. The number of benzene rings is 1. The molecule has 4 nitrogen and oxygen atoms in total. The van der Waals surface area contributed by atoms with Gasteiger partial charge in [0, 0.05) is 0 Å². The fraction of sp³-hybridized carbons (Fsp3) is 0.143. The molecule has 0 aromatic heterocycles. The lowest BCUT2D eigenvalue weighted by atomic mass is 10.2. The summed E-state index contributed by atoms with van der Waals surface area (Å²) in [5, 5.41) is 3.73. The Hall–Kier alpha value is -0.910. The summed E-state index contributed by atoms with van der Waals surface area (Å²) in [5.74, 6) is 0. The summed E-state index contributed by atoms with van der Waals surface area (Å²) in [4.78, 5) is 0. The lowest BCUT2D eigenvalue weighted by Gasteiger charge is -2.07. The standard InChI is InChI=1S/C7H10N2O2S/c8-7(12(9,10)11)6-4-2-1-3-5-6/h1-5,7H,8H2,(H2,9,10,11). The SMILES string of the molecule is NC(c1ccccc1)S(N)(=O)=O. The second kappa shape index (κ2) is 3.22. The molecule has 1 aromatic rings. The minimum Gasteiger partial charge on any atom is -0.310 e. The van der Waals surface area contributed by atoms with Crippen molar-refractivity contribution in [1.29, 1.82) is 0 Å². The molecule has 4 N–H and O–H groups in total. The molecule has 0 spiro atoms. The van der Waals surface area contributed by atoms with Crippen LogP contribution in [0.4, 0.5) is 0 Å². The van der Waals surface area contributed by atoms with Crippen LogP contribution in [0, 0.1) is 0 Å². The van der Waals surface area contributed by atoms with E-state index < -0.39 is 15.4 Å². The molecule has 12 heavy (non-hydrogen) atoms. The lowest BCUT2D eigenvalue weighted by molar-refractivity contribution is 0.585. The van der Waals surface area contributed by atoms with Crippen molar-refractivity contribution in [3.05, 3.63) is 35.9 Å². The van der Waals surface area contributed by atoms with Crippen molar-refractivity contribution in [2.24, 2.45) is 10.9 Å². The largest absolute Gasteiger partial charge is 0.310 e. The van der Waals surface area contributed by atoms with Crippen molar-refractivity contribution in [2.75, 3.05) is 0 Å². The highest BCUT2D eigenvalue weighted by Gasteiger charge is 2.17. The van der Waals surface area contributed by atoms with Crippen LogP contribution in [0.15, 0.2) is 30.3 Å². The van der Waals surface area contributed by atoms with E-state index in [9.17, 15) is 8.42 Å². The minimum atomic E-state index is -3.68. The van der Waals surface area contributed by atoms with Crippen LogP contribution in [0.1, 0.15) is 10.9 Å². The molecule has 66 valence electrons. The molecule has 0 saturated heterocycles. The van der Waals surface area contributed by atoms with E-state index in [0.717, 1.165) is 0 Å². The molecule has 0 aliphatic rings. The van der Waals surface area contributed by atoms with E-state index in [-0.39, 0.29) is 0 Å². The molecule has 0 fully saturated rings. The Bertz CT molecular complexity index is 347. The molecule has 0 heterocycles. The first kappa shape index (κ1) is 9.18. The van der Waals surface area contributed by atoms with Gasteiger partial charge in [-0.05, 0) is 5.56 Å². The van der Waals surface area contributed by atoms with E-state index in [1.807, 2.05) is 0 Å². The first-order chi connectivity index (χ1) is 5.52. The zero-order chi connectivity index (χ0) is 9.19. The van der Waals surface area contributed by atoms with Crippen molar-refractivity contribution in [3.63, 3.8) is 0 Å². The Balaban J connectivity index is 3.02. The highest BCUT2D eigenvalue weighted by Crippen LogP contribution is 2.12. The van der Waals surface area contributed by atoms with Gasteiger partial charge in [0.05, 0.1) is 0 Å². The van der Waals surface area contributed by atoms with Gasteiger partial charge in [-0.15, -0.1) is 0 Å². The van der Waals surface area contributed by atoms with Gasteiger partial charge in [-0.3, -0.25) is 0 Å². The number of nitrogens with two attached hydrogens (primary N) is 2. The van der Waals surface area contributed by atoms with Gasteiger partial charge < -0.3 is 5.73 Å². The monoisotopic (exact) mass is 186 g/mol. The molecular formula is C7H10N2O2S. The third kappa shape index (κ3) is 2.04. The summed E-state index contributed by atoms with van der Waals surface area (Å²) < 4.78 is 21.6. The molecule has 5 heteroatoms. The number of primary sulfonamides is 1. The fourth-order valence-electron chi connectivity index (χ4n) is 0.832. The average Bonchev–Trinajstić information content (AvgIpc) is 2.03. The molecule has 0 saturated carbocycles. The Kier molecular flexibility index (Phi) is 2.46. The van der Waals surface area contributed by atoms with Gasteiger partial charge in [-0.2, -0.15) is 0 Å². The van der Waals surface area contributed by atoms with Gasteiger partial charge in [0.25, 0.3) is 0 Å². The van der Waals surface area contributed by atoms with Crippen LogP contribution in [0.25, 0.3) is 0 Å². The van der Waals surface area contributed by atoms with E-state index in [0.29, 0.717) is 5.56 Å². The van der Waals surface area contributed by atoms with Crippen molar-refractivity contribution < 1.29 is 8.42 Å². The molecule has 1 aromatic carbocycles. The maximum Gasteiger partial charge on any atom is 0.229 e. The highest BCUT2D eigenvalue weighted by atomic mass is 32.2. The molecule has 1 atom stereocenters. The summed E-state index contributed by atoms with van der Waals surface area (Å²) in [6, 6.07) is 8.43. The summed E-state index contributed by atoms with van der Waals surface area (Å²) in [7, 11) is -3.68. The van der Waals surface area contributed by atoms with Crippen LogP contribution < -0.4 is 10.9 Å². The van der Waals surface area contributed by atoms with Crippen LogP contribution >= 0.6 is 0 Å². The summed E-state index contributed by atoms with van der Waals surface area (Å²) in [5.41, 5.74) is 5.86. The molecular weight excluding hydrogens is 176 g/mol. The van der Waals surface area contributed by atoms with Crippen molar-refractivity contribution in [3.8, 4) is 0 Å². The first-order valence-electron chi connectivity index (χ1n) is 3.34. The van der Waals surface area contributed by atoms with E-state index in [4.69, 9.17) is 10.9 Å². The summed E-state index contributed by atoms with van der Waals surface area (Å²) in [6.07, 6.45) is 0. The predicted molar refractivity (Wildman–Crippen MR) is 46.5 cm³/mol. The van der Waals surface area contributed by atoms with Crippen LogP contribution in [0.3, 0.4) is 0 Å². The van der Waals surface area contributed by atoms with E-state index >= 15 is 0 Å². The predicted octanol–water partition coefficient (Wildman–Crippen LogP) is -0.0676. The van der Waals surface area contributed by atoms with Crippen molar-refractivity contribution >= 4 is 10.0 Å². The Morgan fingerprint density at radius 1 is 1.17 bits per heavy atom. The van der Waals surface area contributed by atoms with Crippen LogP contribution in [0.5, 0.6) is 0 Å². The second-order valence-corrected chi connectivity index (χ2v) is 4.11. The Morgan fingerprint density at radius 2 is 1.67 bits per heavy atom. The average molecular weight is 186 g/mol. The molecule has 0 amide bonds. The van der Waals surface area contributed by atoms with Crippen LogP contribution in [0.2, 0.25) is 0 Å². The Morgan fingerprint density at radius 3 is 2.08 bits per heavy atom. The topological polar surface area (TPSA) is 86.2 Å².